The number of benzene rings is 1. The second kappa shape index (κ2) is 4.45. The zero-order valence-electron chi connectivity index (χ0n) is 9.05. The maximum atomic E-state index is 6.05. The Morgan fingerprint density at radius 3 is 2.81 bits per heavy atom. The van der Waals surface area contributed by atoms with Crippen LogP contribution < -0.4 is 0 Å². The average molecular weight is 235 g/mol. The third kappa shape index (κ3) is 2.12. The summed E-state index contributed by atoms with van der Waals surface area (Å²) in [5.41, 5.74) is 1.51. The predicted molar refractivity (Wildman–Crippen MR) is 65.0 cm³/mol. The number of nitrogens with zero attached hydrogens (tertiary/aromatic N) is 4. The number of rotatable bonds is 2. The van der Waals surface area contributed by atoms with Gasteiger partial charge in [-0.2, -0.15) is 0 Å². The third-order valence-corrected chi connectivity index (χ3v) is 2.33. The lowest BCUT2D eigenvalue weighted by Gasteiger charge is -2.04. The van der Waals surface area contributed by atoms with E-state index in [1.54, 1.807) is 17.3 Å². The molecule has 0 amide bonds. The van der Waals surface area contributed by atoms with E-state index in [1.165, 1.54) is 0 Å². The van der Waals surface area contributed by atoms with Gasteiger partial charge in [-0.3, -0.25) is 9.99 Å². The molecule has 0 saturated heterocycles. The molecule has 0 aliphatic heterocycles. The average Bonchev–Trinajstić information content (AvgIpc) is 2.28. The quantitative estimate of drug-likeness (QED) is 0.590. The number of hydrogen-bond donors (Lipinski definition) is 0. The van der Waals surface area contributed by atoms with Gasteiger partial charge < -0.3 is 0 Å². The van der Waals surface area contributed by atoms with Crippen LogP contribution in [0.2, 0.25) is 5.02 Å². The van der Waals surface area contributed by atoms with Gasteiger partial charge in [0, 0.05) is 25.7 Å². The fraction of sp³-hybridized carbons (Fsp3) is 0.182. The van der Waals surface area contributed by atoms with Crippen molar-refractivity contribution in [1.29, 1.82) is 0 Å². The molecule has 1 aromatic carbocycles. The first kappa shape index (κ1) is 10.8. The molecule has 0 spiro atoms. The molecule has 0 aliphatic carbocycles. The Bertz CT molecular complexity index is 536. The molecule has 0 radical (unpaired) electrons. The molecule has 0 atom stereocenters. The molecule has 2 aromatic rings. The topological polar surface area (TPSA) is 40.9 Å². The van der Waals surface area contributed by atoms with Crippen molar-refractivity contribution in [1.82, 2.24) is 9.99 Å². The highest BCUT2D eigenvalue weighted by Gasteiger charge is 2.04. The Balaban J connectivity index is 2.59. The van der Waals surface area contributed by atoms with E-state index in [1.807, 2.05) is 32.3 Å². The highest BCUT2D eigenvalue weighted by Crippen LogP contribution is 2.30. The second-order valence-corrected chi connectivity index (χ2v) is 3.91. The summed E-state index contributed by atoms with van der Waals surface area (Å²) in [4.78, 5) is 4.22. The molecular weight excluding hydrogens is 224 g/mol. The van der Waals surface area contributed by atoms with E-state index in [0.29, 0.717) is 5.02 Å². The molecule has 1 aromatic heterocycles. The van der Waals surface area contributed by atoms with Crippen molar-refractivity contribution in [2.45, 2.75) is 0 Å². The molecule has 0 unspecified atom stereocenters. The smallest absolute Gasteiger partial charge is 0.0969 e. The monoisotopic (exact) mass is 234 g/mol. The van der Waals surface area contributed by atoms with Gasteiger partial charge in [0.1, 0.15) is 0 Å². The Hall–Kier alpha value is -1.68. The van der Waals surface area contributed by atoms with Gasteiger partial charge >= 0.3 is 0 Å². The SMILES string of the molecule is CN(C)N=Nc1ccc(Cl)c2ncccc12. The van der Waals surface area contributed by atoms with Gasteiger partial charge in [-0.25, -0.2) is 0 Å². The molecular formula is C11H11ClN4. The van der Waals surface area contributed by atoms with Crippen LogP contribution in [0.25, 0.3) is 10.9 Å². The van der Waals surface area contributed by atoms with Crippen molar-refractivity contribution in [3.63, 3.8) is 0 Å². The van der Waals surface area contributed by atoms with Crippen LogP contribution in [0.15, 0.2) is 40.8 Å². The molecule has 0 saturated carbocycles. The number of aromatic nitrogens is 1. The first-order valence-electron chi connectivity index (χ1n) is 4.80. The Labute approximate surface area is 98.5 Å². The molecule has 82 valence electrons. The summed E-state index contributed by atoms with van der Waals surface area (Å²) in [5.74, 6) is 0. The summed E-state index contributed by atoms with van der Waals surface area (Å²) < 4.78 is 0. The first-order chi connectivity index (χ1) is 7.68. The van der Waals surface area contributed by atoms with Crippen LogP contribution in [0, 0.1) is 0 Å². The van der Waals surface area contributed by atoms with Crippen LogP contribution in [0.5, 0.6) is 0 Å². The number of fused-ring (bicyclic) bond motifs is 1. The minimum Gasteiger partial charge on any atom is -0.285 e. The fourth-order valence-corrected chi connectivity index (χ4v) is 1.56. The maximum absolute atomic E-state index is 6.05. The lowest BCUT2D eigenvalue weighted by atomic mass is 10.2. The van der Waals surface area contributed by atoms with E-state index in [-0.39, 0.29) is 0 Å². The van der Waals surface area contributed by atoms with Crippen LogP contribution in [0.1, 0.15) is 0 Å². The highest BCUT2D eigenvalue weighted by atomic mass is 35.5. The molecule has 0 bridgehead atoms. The molecule has 16 heavy (non-hydrogen) atoms. The second-order valence-electron chi connectivity index (χ2n) is 3.50. The summed E-state index contributed by atoms with van der Waals surface area (Å²) in [6.07, 6.45) is 1.71. The van der Waals surface area contributed by atoms with Crippen molar-refractivity contribution < 1.29 is 0 Å². The van der Waals surface area contributed by atoms with Crippen LogP contribution in [-0.2, 0) is 0 Å². The van der Waals surface area contributed by atoms with E-state index in [0.717, 1.165) is 16.6 Å². The Morgan fingerprint density at radius 2 is 2.06 bits per heavy atom. The van der Waals surface area contributed by atoms with Crippen LogP contribution in [-0.4, -0.2) is 24.1 Å². The van der Waals surface area contributed by atoms with Crippen molar-refractivity contribution in [2.75, 3.05) is 14.1 Å². The van der Waals surface area contributed by atoms with Gasteiger partial charge in [0.2, 0.25) is 0 Å². The van der Waals surface area contributed by atoms with Crippen molar-refractivity contribution in [2.24, 2.45) is 10.3 Å². The van der Waals surface area contributed by atoms with Crippen LogP contribution in [0.4, 0.5) is 5.69 Å². The standard InChI is InChI=1S/C11H11ClN4/c1-16(2)15-14-10-6-5-9(12)11-8(10)4-3-7-13-11/h3-7H,1-2H3. The van der Waals surface area contributed by atoms with E-state index in [4.69, 9.17) is 11.6 Å². The minimum atomic E-state index is 0.624. The summed E-state index contributed by atoms with van der Waals surface area (Å²) >= 11 is 6.05. The summed E-state index contributed by atoms with van der Waals surface area (Å²) in [6.45, 7) is 0. The Kier molecular flexibility index (Phi) is 3.01. The lowest BCUT2D eigenvalue weighted by molar-refractivity contribution is 0.408. The summed E-state index contributed by atoms with van der Waals surface area (Å²) in [5, 5.41) is 11.3. The normalized spacial score (nSPS) is 11.2. The molecule has 2 rings (SSSR count). The van der Waals surface area contributed by atoms with Gasteiger partial charge in [0.25, 0.3) is 0 Å². The third-order valence-electron chi connectivity index (χ3n) is 2.03. The largest absolute Gasteiger partial charge is 0.285 e. The van der Waals surface area contributed by atoms with Gasteiger partial charge in [0.15, 0.2) is 0 Å². The van der Waals surface area contributed by atoms with Crippen molar-refractivity contribution in [3.8, 4) is 0 Å². The molecule has 5 heteroatoms. The summed E-state index contributed by atoms with van der Waals surface area (Å²) in [6, 6.07) is 7.39. The zero-order chi connectivity index (χ0) is 11.5. The van der Waals surface area contributed by atoms with Crippen LogP contribution >= 0.6 is 11.6 Å². The number of hydrogen-bond acceptors (Lipinski definition) is 3. The lowest BCUT2D eigenvalue weighted by Crippen LogP contribution is -1.98. The van der Waals surface area contributed by atoms with Gasteiger partial charge in [-0.15, -0.1) is 5.11 Å². The van der Waals surface area contributed by atoms with E-state index >= 15 is 0 Å². The molecule has 0 N–H and O–H groups in total. The fourth-order valence-electron chi connectivity index (χ4n) is 1.35. The zero-order valence-corrected chi connectivity index (χ0v) is 9.81. The number of halogens is 1. The van der Waals surface area contributed by atoms with E-state index in [2.05, 4.69) is 15.3 Å². The van der Waals surface area contributed by atoms with Crippen LogP contribution in [0.3, 0.4) is 0 Å². The number of pyridine rings is 1. The molecule has 4 nitrogen and oxygen atoms in total. The predicted octanol–water partition coefficient (Wildman–Crippen LogP) is 3.45. The van der Waals surface area contributed by atoms with Gasteiger partial charge in [-0.1, -0.05) is 16.8 Å². The first-order valence-corrected chi connectivity index (χ1v) is 5.18. The van der Waals surface area contributed by atoms with E-state index in [9.17, 15) is 0 Å². The van der Waals surface area contributed by atoms with E-state index < -0.39 is 0 Å². The highest BCUT2D eigenvalue weighted by molar-refractivity contribution is 6.35. The molecule has 0 aliphatic rings. The molecule has 1 heterocycles. The van der Waals surface area contributed by atoms with Gasteiger partial charge in [-0.05, 0) is 24.3 Å². The van der Waals surface area contributed by atoms with Crippen molar-refractivity contribution >= 4 is 28.2 Å². The summed E-state index contributed by atoms with van der Waals surface area (Å²) in [7, 11) is 3.64. The minimum absolute atomic E-state index is 0.624. The Morgan fingerprint density at radius 1 is 1.25 bits per heavy atom. The van der Waals surface area contributed by atoms with Gasteiger partial charge in [0.05, 0.1) is 16.2 Å². The van der Waals surface area contributed by atoms with Crippen molar-refractivity contribution in [3.05, 3.63) is 35.5 Å². The maximum Gasteiger partial charge on any atom is 0.0969 e. The molecule has 0 fully saturated rings.